The molecule has 1 unspecified atom stereocenters. The minimum Gasteiger partial charge on any atom is -0.398 e. The second kappa shape index (κ2) is 4.40. The van der Waals surface area contributed by atoms with Gasteiger partial charge in [0.1, 0.15) is 5.69 Å². The molecular formula is C9H13N3O6S2. The fraction of sp³-hybridized carbons (Fsp3) is 0.333. The number of hydrogen-bond acceptors (Lipinski definition) is 8. The van der Waals surface area contributed by atoms with E-state index in [1.54, 1.807) is 0 Å². The van der Waals surface area contributed by atoms with Gasteiger partial charge in [-0.05, 0) is 6.92 Å². The van der Waals surface area contributed by atoms with E-state index in [0.29, 0.717) is 0 Å². The molecule has 2 bridgehead atoms. The van der Waals surface area contributed by atoms with Gasteiger partial charge < -0.3 is 19.8 Å². The van der Waals surface area contributed by atoms with Crippen molar-refractivity contribution in [1.29, 1.82) is 0 Å². The van der Waals surface area contributed by atoms with Crippen LogP contribution in [0.1, 0.15) is 18.5 Å². The van der Waals surface area contributed by atoms with Crippen LogP contribution in [0.15, 0.2) is 6.07 Å². The fourth-order valence-corrected chi connectivity index (χ4v) is 3.43. The Morgan fingerprint density at radius 2 is 1.90 bits per heavy atom. The van der Waals surface area contributed by atoms with Crippen molar-refractivity contribution >= 4 is 31.8 Å². The Labute approximate surface area is 116 Å². The van der Waals surface area contributed by atoms with Crippen LogP contribution in [-0.4, -0.2) is 23.1 Å². The number of fused-ring (bicyclic) bond motifs is 2. The Balaban J connectivity index is 2.59. The van der Waals surface area contributed by atoms with Crippen LogP contribution >= 0.6 is 0 Å². The first-order chi connectivity index (χ1) is 9.00. The second-order valence-corrected chi connectivity index (χ2v) is 7.24. The molecule has 1 heterocycles. The van der Waals surface area contributed by atoms with Crippen molar-refractivity contribution < 1.29 is 25.2 Å². The van der Waals surface area contributed by atoms with Gasteiger partial charge in [0.2, 0.25) is 10.0 Å². The van der Waals surface area contributed by atoms with Crippen molar-refractivity contribution in [2.45, 2.75) is 13.0 Å². The SMILES string of the molecule is CC(NS(C)(=O)=O)c1c(N)cc2c(N)c1OS(=O)(=O)O2. The van der Waals surface area contributed by atoms with Crippen LogP contribution < -0.4 is 24.6 Å². The number of benzene rings is 1. The number of rotatable bonds is 3. The molecule has 0 saturated heterocycles. The third kappa shape index (κ3) is 2.73. The van der Waals surface area contributed by atoms with E-state index in [0.717, 1.165) is 6.26 Å². The summed E-state index contributed by atoms with van der Waals surface area (Å²) in [5.41, 5.74) is 11.6. The zero-order valence-corrected chi connectivity index (χ0v) is 12.2. The van der Waals surface area contributed by atoms with Crippen LogP contribution in [0, 0.1) is 0 Å². The van der Waals surface area contributed by atoms with E-state index in [2.05, 4.69) is 13.1 Å². The number of nitrogens with two attached hydrogens (primary N) is 2. The predicted molar refractivity (Wildman–Crippen MR) is 71.8 cm³/mol. The molecule has 11 heteroatoms. The highest BCUT2D eigenvalue weighted by molar-refractivity contribution is 7.88. The lowest BCUT2D eigenvalue weighted by Gasteiger charge is -2.25. The molecule has 1 aromatic carbocycles. The van der Waals surface area contributed by atoms with Gasteiger partial charge in [-0.15, -0.1) is 8.42 Å². The normalized spacial score (nSPS) is 17.9. The van der Waals surface area contributed by atoms with E-state index in [-0.39, 0.29) is 28.4 Å². The largest absolute Gasteiger partial charge is 0.501 e. The Bertz CT molecular complexity index is 771. The average Bonchev–Trinajstić information content (AvgIpc) is 2.19. The minimum atomic E-state index is -4.28. The van der Waals surface area contributed by atoms with Gasteiger partial charge in [-0.1, -0.05) is 0 Å². The highest BCUT2D eigenvalue weighted by atomic mass is 32.3. The van der Waals surface area contributed by atoms with E-state index in [9.17, 15) is 16.8 Å². The monoisotopic (exact) mass is 323 g/mol. The number of hydrogen-bond donors (Lipinski definition) is 3. The molecule has 1 aliphatic rings. The average molecular weight is 323 g/mol. The number of sulfonamides is 1. The molecule has 0 aromatic heterocycles. The lowest BCUT2D eigenvalue weighted by Crippen LogP contribution is -2.29. The Hall–Kier alpha value is -1.72. The molecular weight excluding hydrogens is 310 g/mol. The topological polar surface area (TPSA) is 151 Å². The molecule has 0 spiro atoms. The summed E-state index contributed by atoms with van der Waals surface area (Å²) in [6, 6.07) is 0.374. The third-order valence-corrected chi connectivity index (χ3v) is 4.09. The molecule has 0 fully saturated rings. The first-order valence-corrected chi connectivity index (χ1v) is 8.55. The van der Waals surface area contributed by atoms with Crippen molar-refractivity contribution in [3.8, 4) is 11.5 Å². The summed E-state index contributed by atoms with van der Waals surface area (Å²) in [4.78, 5) is 0. The molecule has 0 saturated carbocycles. The van der Waals surface area contributed by atoms with Gasteiger partial charge in [0.15, 0.2) is 11.5 Å². The van der Waals surface area contributed by atoms with E-state index in [1.165, 1.54) is 13.0 Å². The molecule has 5 N–H and O–H groups in total. The quantitative estimate of drug-likeness (QED) is 0.628. The zero-order valence-electron chi connectivity index (χ0n) is 10.6. The van der Waals surface area contributed by atoms with Crippen molar-refractivity contribution in [3.05, 3.63) is 11.6 Å². The maximum atomic E-state index is 11.4. The number of anilines is 2. The van der Waals surface area contributed by atoms with Gasteiger partial charge in [-0.3, -0.25) is 0 Å². The highest BCUT2D eigenvalue weighted by Crippen LogP contribution is 2.46. The van der Waals surface area contributed by atoms with Crippen LogP contribution in [0.2, 0.25) is 0 Å². The van der Waals surface area contributed by atoms with Crippen LogP contribution in [0.25, 0.3) is 0 Å². The molecule has 20 heavy (non-hydrogen) atoms. The van der Waals surface area contributed by atoms with Gasteiger partial charge in [-0.25, -0.2) is 13.1 Å². The van der Waals surface area contributed by atoms with Gasteiger partial charge >= 0.3 is 10.4 Å². The van der Waals surface area contributed by atoms with Crippen molar-refractivity contribution in [2.24, 2.45) is 0 Å². The lowest BCUT2D eigenvalue weighted by molar-refractivity contribution is 0.378. The summed E-state index contributed by atoms with van der Waals surface area (Å²) in [7, 11) is -7.81. The molecule has 0 amide bonds. The molecule has 1 aromatic rings. The van der Waals surface area contributed by atoms with E-state index >= 15 is 0 Å². The summed E-state index contributed by atoms with van der Waals surface area (Å²) in [5, 5.41) is 0. The third-order valence-electron chi connectivity index (χ3n) is 2.55. The first kappa shape index (κ1) is 14.7. The van der Waals surface area contributed by atoms with Crippen molar-refractivity contribution in [1.82, 2.24) is 4.72 Å². The standard InChI is InChI=1S/C9H13N3O6S2/c1-4(12-19(2,13)14)7-5(10)3-6-8(11)9(7)18-20(15,16)17-6/h3-4,12H,10-11H2,1-2H3. The molecule has 0 aliphatic carbocycles. The highest BCUT2D eigenvalue weighted by Gasteiger charge is 2.33. The van der Waals surface area contributed by atoms with Gasteiger partial charge in [-0.2, -0.15) is 0 Å². The van der Waals surface area contributed by atoms with Crippen molar-refractivity contribution in [3.63, 3.8) is 0 Å². The molecule has 0 radical (unpaired) electrons. The van der Waals surface area contributed by atoms with Gasteiger partial charge in [0, 0.05) is 23.4 Å². The Morgan fingerprint density at radius 3 is 2.45 bits per heavy atom. The minimum absolute atomic E-state index is 0.0637. The summed E-state index contributed by atoms with van der Waals surface area (Å²) >= 11 is 0. The Morgan fingerprint density at radius 1 is 1.30 bits per heavy atom. The first-order valence-electron chi connectivity index (χ1n) is 5.33. The van der Waals surface area contributed by atoms with Gasteiger partial charge in [0.25, 0.3) is 0 Å². The molecule has 9 nitrogen and oxygen atoms in total. The summed E-state index contributed by atoms with van der Waals surface area (Å²) in [6.45, 7) is 1.48. The Kier molecular flexibility index (Phi) is 3.23. The number of nitrogens with one attached hydrogen (secondary N) is 1. The van der Waals surface area contributed by atoms with E-state index < -0.39 is 26.5 Å². The molecule has 112 valence electrons. The summed E-state index contributed by atoms with van der Waals surface area (Å²) in [5.74, 6) is -0.381. The van der Waals surface area contributed by atoms with Gasteiger partial charge in [0.05, 0.1) is 6.26 Å². The summed E-state index contributed by atoms with van der Waals surface area (Å²) < 4.78 is 56.8. The maximum Gasteiger partial charge on any atom is 0.501 e. The second-order valence-electron chi connectivity index (χ2n) is 4.31. The lowest BCUT2D eigenvalue weighted by atomic mass is 10.0. The van der Waals surface area contributed by atoms with Crippen LogP contribution in [-0.2, 0) is 20.4 Å². The summed E-state index contributed by atoms with van der Waals surface area (Å²) in [6.07, 6.45) is 0.962. The maximum absolute atomic E-state index is 11.4. The van der Waals surface area contributed by atoms with Crippen molar-refractivity contribution in [2.75, 3.05) is 17.7 Å². The molecule has 2 rings (SSSR count). The van der Waals surface area contributed by atoms with Crippen LogP contribution in [0.5, 0.6) is 11.5 Å². The van der Waals surface area contributed by atoms with E-state index in [4.69, 9.17) is 11.5 Å². The molecule has 1 atom stereocenters. The molecule has 1 aliphatic heterocycles. The smallest absolute Gasteiger partial charge is 0.398 e. The van der Waals surface area contributed by atoms with Crippen LogP contribution in [0.4, 0.5) is 11.4 Å². The predicted octanol–water partition coefficient (Wildman–Crippen LogP) is -0.523. The fourth-order valence-electron chi connectivity index (χ4n) is 1.90. The van der Waals surface area contributed by atoms with Crippen LogP contribution in [0.3, 0.4) is 0 Å². The zero-order chi connectivity index (χ0) is 15.3. The van der Waals surface area contributed by atoms with E-state index in [1.807, 2.05) is 0 Å². The number of nitrogen functional groups attached to an aromatic ring is 2.